The van der Waals surface area contributed by atoms with Gasteiger partial charge in [-0.05, 0) is 50.9 Å². The number of carbonyl (C=O) groups is 1. The van der Waals surface area contributed by atoms with E-state index < -0.39 is 5.97 Å². The third kappa shape index (κ3) is 4.13. The first-order chi connectivity index (χ1) is 14.8. The molecule has 1 aliphatic rings. The Hall–Kier alpha value is -2.97. The standard InChI is InChI=1S/C22H30N6O3/c1-6-31-20(29)16-11-23-27(13-16)21-25-17-12-24-28(18(17)19(26-21)30-5)14(2)15-7-9-22(3,4)10-8-15/h11-15H,6-10H2,1-5H3/t14-/m1/s1. The van der Waals surface area contributed by atoms with E-state index in [1.54, 1.807) is 26.4 Å². The Morgan fingerprint density at radius 3 is 2.65 bits per heavy atom. The number of ether oxygens (including phenoxy) is 2. The molecule has 0 radical (unpaired) electrons. The Morgan fingerprint density at radius 1 is 1.23 bits per heavy atom. The van der Waals surface area contributed by atoms with Crippen LogP contribution in [0.2, 0.25) is 0 Å². The zero-order valence-corrected chi connectivity index (χ0v) is 18.8. The van der Waals surface area contributed by atoms with Crippen LogP contribution in [-0.4, -0.2) is 49.2 Å². The van der Waals surface area contributed by atoms with E-state index in [2.05, 4.69) is 40.9 Å². The second-order valence-electron chi connectivity index (χ2n) is 8.99. The van der Waals surface area contributed by atoms with Crippen molar-refractivity contribution in [1.29, 1.82) is 0 Å². The van der Waals surface area contributed by atoms with Gasteiger partial charge in [0.2, 0.25) is 5.88 Å². The summed E-state index contributed by atoms with van der Waals surface area (Å²) in [5.41, 5.74) is 2.22. The SMILES string of the molecule is CCOC(=O)c1cnn(-c2nc(OC)c3c(cnn3[C@H](C)C3CCC(C)(C)CC3)n2)c1. The Balaban J connectivity index is 1.65. The first-order valence-electron chi connectivity index (χ1n) is 10.8. The molecule has 0 unspecified atom stereocenters. The minimum atomic E-state index is -0.431. The number of fused-ring (bicyclic) bond motifs is 1. The summed E-state index contributed by atoms with van der Waals surface area (Å²) in [6.07, 6.45) is 9.54. The molecule has 166 valence electrons. The van der Waals surface area contributed by atoms with Crippen LogP contribution in [0.3, 0.4) is 0 Å². The highest BCUT2D eigenvalue weighted by Crippen LogP contribution is 2.42. The van der Waals surface area contributed by atoms with E-state index in [4.69, 9.17) is 9.47 Å². The maximum atomic E-state index is 11.9. The Kier molecular flexibility index (Phi) is 5.68. The summed E-state index contributed by atoms with van der Waals surface area (Å²) in [5.74, 6) is 0.873. The van der Waals surface area contributed by atoms with Crippen molar-refractivity contribution < 1.29 is 14.3 Å². The normalized spacial score (nSPS) is 17.6. The molecule has 4 rings (SSSR count). The minimum absolute atomic E-state index is 0.220. The minimum Gasteiger partial charge on any atom is -0.479 e. The number of hydrogen-bond donors (Lipinski definition) is 0. The van der Waals surface area contributed by atoms with Crippen molar-refractivity contribution in [1.82, 2.24) is 29.5 Å². The summed E-state index contributed by atoms with van der Waals surface area (Å²) >= 11 is 0. The number of methoxy groups -OCH3 is 1. The predicted octanol–water partition coefficient (Wildman–Crippen LogP) is 3.97. The van der Waals surface area contributed by atoms with Gasteiger partial charge >= 0.3 is 5.97 Å². The van der Waals surface area contributed by atoms with E-state index in [1.807, 2.05) is 4.68 Å². The number of rotatable bonds is 6. The molecule has 9 heteroatoms. The second-order valence-corrected chi connectivity index (χ2v) is 8.99. The molecule has 1 fully saturated rings. The molecule has 3 aromatic heterocycles. The monoisotopic (exact) mass is 426 g/mol. The first-order valence-corrected chi connectivity index (χ1v) is 10.8. The molecule has 0 bridgehead atoms. The fourth-order valence-electron chi connectivity index (χ4n) is 4.33. The van der Waals surface area contributed by atoms with E-state index in [0.29, 0.717) is 40.8 Å². The van der Waals surface area contributed by atoms with Crippen LogP contribution in [0.25, 0.3) is 17.0 Å². The number of hydrogen-bond acceptors (Lipinski definition) is 7. The van der Waals surface area contributed by atoms with Gasteiger partial charge in [-0.15, -0.1) is 0 Å². The van der Waals surface area contributed by atoms with Crippen molar-refractivity contribution in [3.05, 3.63) is 24.2 Å². The lowest BCUT2D eigenvalue weighted by molar-refractivity contribution is 0.0526. The third-order valence-corrected chi connectivity index (χ3v) is 6.34. The van der Waals surface area contributed by atoms with Crippen molar-refractivity contribution >= 4 is 17.0 Å². The van der Waals surface area contributed by atoms with Gasteiger partial charge in [0.15, 0.2) is 0 Å². The molecule has 31 heavy (non-hydrogen) atoms. The predicted molar refractivity (Wildman–Crippen MR) is 115 cm³/mol. The Morgan fingerprint density at radius 2 is 1.97 bits per heavy atom. The molecule has 1 atom stereocenters. The molecule has 9 nitrogen and oxygen atoms in total. The lowest BCUT2D eigenvalue weighted by atomic mass is 9.71. The molecule has 0 saturated heterocycles. The zero-order valence-electron chi connectivity index (χ0n) is 18.8. The van der Waals surface area contributed by atoms with E-state index in [1.165, 1.54) is 36.6 Å². The molecule has 0 spiro atoms. The van der Waals surface area contributed by atoms with Crippen LogP contribution < -0.4 is 4.74 Å². The Labute approximate surface area is 181 Å². The highest BCUT2D eigenvalue weighted by atomic mass is 16.5. The summed E-state index contributed by atoms with van der Waals surface area (Å²) in [4.78, 5) is 21.1. The van der Waals surface area contributed by atoms with Crippen molar-refractivity contribution in [3.63, 3.8) is 0 Å². The van der Waals surface area contributed by atoms with Crippen molar-refractivity contribution in [3.8, 4) is 11.8 Å². The number of nitrogens with zero attached hydrogens (tertiary/aromatic N) is 6. The molecule has 1 saturated carbocycles. The lowest BCUT2D eigenvalue weighted by Gasteiger charge is -2.37. The van der Waals surface area contributed by atoms with Crippen molar-refractivity contribution in [2.45, 2.75) is 59.4 Å². The van der Waals surface area contributed by atoms with Gasteiger partial charge in [0.05, 0.1) is 37.7 Å². The van der Waals surface area contributed by atoms with Crippen LogP contribution >= 0.6 is 0 Å². The zero-order chi connectivity index (χ0) is 22.2. The summed E-state index contributed by atoms with van der Waals surface area (Å²) in [5, 5.41) is 8.85. The van der Waals surface area contributed by atoms with Gasteiger partial charge in [0, 0.05) is 6.20 Å². The van der Waals surface area contributed by atoms with Crippen molar-refractivity contribution in [2.75, 3.05) is 13.7 Å². The smallest absolute Gasteiger partial charge is 0.341 e. The average molecular weight is 427 g/mol. The molecule has 3 heterocycles. The fraction of sp³-hybridized carbons (Fsp3) is 0.591. The maximum Gasteiger partial charge on any atom is 0.341 e. The third-order valence-electron chi connectivity index (χ3n) is 6.34. The van der Waals surface area contributed by atoms with E-state index in [9.17, 15) is 4.79 Å². The molecule has 0 aliphatic heterocycles. The van der Waals surface area contributed by atoms with E-state index >= 15 is 0 Å². The summed E-state index contributed by atoms with van der Waals surface area (Å²) in [7, 11) is 1.59. The average Bonchev–Trinajstić information content (AvgIpc) is 3.40. The van der Waals surface area contributed by atoms with E-state index in [0.717, 1.165) is 5.52 Å². The maximum absolute atomic E-state index is 11.9. The van der Waals surface area contributed by atoms with Crippen LogP contribution in [0.5, 0.6) is 5.88 Å². The molecular formula is C22H30N6O3. The first kappa shape index (κ1) is 21.3. The molecule has 1 aliphatic carbocycles. The van der Waals surface area contributed by atoms with Crippen molar-refractivity contribution in [2.24, 2.45) is 11.3 Å². The second kappa shape index (κ2) is 8.28. The van der Waals surface area contributed by atoms with Crippen LogP contribution in [0.4, 0.5) is 0 Å². The van der Waals surface area contributed by atoms with Gasteiger partial charge in [-0.2, -0.15) is 15.2 Å². The van der Waals surface area contributed by atoms with Gasteiger partial charge in [-0.1, -0.05) is 13.8 Å². The molecule has 0 amide bonds. The molecule has 3 aromatic rings. The van der Waals surface area contributed by atoms with Crippen LogP contribution in [-0.2, 0) is 4.74 Å². The number of esters is 1. The van der Waals surface area contributed by atoms with Gasteiger partial charge in [0.25, 0.3) is 5.95 Å². The van der Waals surface area contributed by atoms with Crippen LogP contribution in [0, 0.1) is 11.3 Å². The quantitative estimate of drug-likeness (QED) is 0.550. The van der Waals surface area contributed by atoms with E-state index in [-0.39, 0.29) is 6.04 Å². The summed E-state index contributed by atoms with van der Waals surface area (Å²) in [6.45, 7) is 8.96. The highest BCUT2D eigenvalue weighted by Gasteiger charge is 2.32. The molecule has 0 N–H and O–H groups in total. The van der Waals surface area contributed by atoms with Gasteiger partial charge < -0.3 is 9.47 Å². The summed E-state index contributed by atoms with van der Waals surface area (Å²) in [6, 6.07) is 0.220. The Bertz CT molecular complexity index is 1080. The van der Waals surface area contributed by atoms with Gasteiger partial charge in [-0.3, -0.25) is 4.68 Å². The summed E-state index contributed by atoms with van der Waals surface area (Å²) < 4.78 is 14.1. The largest absolute Gasteiger partial charge is 0.479 e. The van der Waals surface area contributed by atoms with Crippen LogP contribution in [0.1, 0.15) is 69.8 Å². The number of carbonyl (C=O) groups excluding carboxylic acids is 1. The van der Waals surface area contributed by atoms with Gasteiger partial charge in [-0.25, -0.2) is 14.5 Å². The van der Waals surface area contributed by atoms with Gasteiger partial charge in [0.1, 0.15) is 11.0 Å². The van der Waals surface area contributed by atoms with Crippen LogP contribution in [0.15, 0.2) is 18.6 Å². The lowest BCUT2D eigenvalue weighted by Crippen LogP contribution is -2.27. The fourth-order valence-corrected chi connectivity index (χ4v) is 4.33. The number of aromatic nitrogens is 6. The molecular weight excluding hydrogens is 396 g/mol. The topological polar surface area (TPSA) is 97.0 Å². The highest BCUT2D eigenvalue weighted by molar-refractivity contribution is 5.88. The molecule has 0 aromatic carbocycles.